The molecule has 0 saturated carbocycles. The van der Waals surface area contributed by atoms with Gasteiger partial charge in [-0.1, -0.05) is 23.8 Å². The maximum Gasteiger partial charge on any atom is 0.0454 e. The highest BCUT2D eigenvalue weighted by molar-refractivity contribution is 5.30. The molecule has 0 bridgehead atoms. The number of hydrogen-bond acceptors (Lipinski definition) is 2. The molecule has 0 atom stereocenters. The number of rotatable bonds is 4. The molecule has 0 spiro atoms. The molecular weight excluding hydrogens is 160 g/mol. The van der Waals surface area contributed by atoms with Crippen molar-refractivity contribution in [1.29, 1.82) is 0 Å². The van der Waals surface area contributed by atoms with Gasteiger partial charge in [0.1, 0.15) is 0 Å². The first-order valence-corrected chi connectivity index (χ1v) is 4.65. The topological polar surface area (TPSA) is 24.1 Å². The van der Waals surface area contributed by atoms with E-state index in [-0.39, 0.29) is 0 Å². The molecule has 0 amide bonds. The third kappa shape index (κ3) is 3.17. The van der Waals surface area contributed by atoms with Crippen LogP contribution in [0.3, 0.4) is 0 Å². The molecule has 13 heavy (non-hydrogen) atoms. The summed E-state index contributed by atoms with van der Waals surface area (Å²) < 4.78 is 0. The Balaban J connectivity index is 2.56. The van der Waals surface area contributed by atoms with Gasteiger partial charge in [0.05, 0.1) is 0 Å². The third-order valence-electron chi connectivity index (χ3n) is 2.12. The first-order chi connectivity index (χ1) is 6.24. The van der Waals surface area contributed by atoms with Gasteiger partial charge in [-0.3, -0.25) is 0 Å². The standard InChI is InChI=1S/C11H18N2/c1-9-4-5-11(10(2)6-9)7-13-8-12-3/h4-6,12-13H,7-8H2,1-3H3. The lowest BCUT2D eigenvalue weighted by Crippen LogP contribution is -2.25. The Labute approximate surface area is 80.4 Å². The van der Waals surface area contributed by atoms with Crippen LogP contribution in [0.2, 0.25) is 0 Å². The van der Waals surface area contributed by atoms with Crippen molar-refractivity contribution >= 4 is 0 Å². The van der Waals surface area contributed by atoms with E-state index in [0.717, 1.165) is 13.2 Å². The molecule has 0 fully saturated rings. The van der Waals surface area contributed by atoms with Crippen LogP contribution in [0.5, 0.6) is 0 Å². The number of hydrogen-bond donors (Lipinski definition) is 2. The highest BCUT2D eigenvalue weighted by Crippen LogP contribution is 2.09. The molecule has 0 heterocycles. The second-order valence-electron chi connectivity index (χ2n) is 3.39. The van der Waals surface area contributed by atoms with Crippen LogP contribution < -0.4 is 10.6 Å². The molecule has 0 aliphatic carbocycles. The molecule has 0 radical (unpaired) electrons. The highest BCUT2D eigenvalue weighted by atomic mass is 15.0. The van der Waals surface area contributed by atoms with Crippen molar-refractivity contribution in [3.63, 3.8) is 0 Å². The predicted octanol–water partition coefficient (Wildman–Crippen LogP) is 1.57. The summed E-state index contributed by atoms with van der Waals surface area (Å²) in [7, 11) is 1.94. The van der Waals surface area contributed by atoms with Crippen LogP contribution in [0, 0.1) is 13.8 Å². The van der Waals surface area contributed by atoms with Gasteiger partial charge in [0.2, 0.25) is 0 Å². The van der Waals surface area contributed by atoms with Gasteiger partial charge in [-0.2, -0.15) is 0 Å². The first-order valence-electron chi connectivity index (χ1n) is 4.65. The third-order valence-corrected chi connectivity index (χ3v) is 2.12. The minimum Gasteiger partial charge on any atom is -0.308 e. The van der Waals surface area contributed by atoms with Crippen LogP contribution in [0.15, 0.2) is 18.2 Å². The minimum atomic E-state index is 0.854. The fourth-order valence-corrected chi connectivity index (χ4v) is 1.37. The lowest BCUT2D eigenvalue weighted by atomic mass is 10.1. The summed E-state index contributed by atoms with van der Waals surface area (Å²) in [4.78, 5) is 0. The average molecular weight is 178 g/mol. The molecule has 1 rings (SSSR count). The molecule has 72 valence electrons. The second-order valence-corrected chi connectivity index (χ2v) is 3.39. The molecule has 2 heteroatoms. The van der Waals surface area contributed by atoms with Crippen molar-refractivity contribution in [2.24, 2.45) is 0 Å². The van der Waals surface area contributed by atoms with Crippen molar-refractivity contribution in [3.05, 3.63) is 34.9 Å². The lowest BCUT2D eigenvalue weighted by molar-refractivity contribution is 0.630. The van der Waals surface area contributed by atoms with E-state index in [0.29, 0.717) is 0 Å². The fraction of sp³-hybridized carbons (Fsp3) is 0.455. The maximum absolute atomic E-state index is 3.30. The van der Waals surface area contributed by atoms with E-state index in [1.165, 1.54) is 16.7 Å². The van der Waals surface area contributed by atoms with E-state index in [9.17, 15) is 0 Å². The lowest BCUT2D eigenvalue weighted by Gasteiger charge is -2.07. The van der Waals surface area contributed by atoms with Gasteiger partial charge in [-0.05, 0) is 32.0 Å². The average Bonchev–Trinajstić information content (AvgIpc) is 2.09. The van der Waals surface area contributed by atoms with Crippen LogP contribution >= 0.6 is 0 Å². The minimum absolute atomic E-state index is 0.854. The highest BCUT2D eigenvalue weighted by Gasteiger charge is 1.96. The first kappa shape index (κ1) is 10.2. The van der Waals surface area contributed by atoms with Gasteiger partial charge in [-0.25, -0.2) is 0 Å². The Kier molecular flexibility index (Phi) is 3.93. The molecular formula is C11H18N2. The predicted molar refractivity (Wildman–Crippen MR) is 56.7 cm³/mol. The Morgan fingerprint density at radius 2 is 2.00 bits per heavy atom. The number of benzene rings is 1. The summed E-state index contributed by atoms with van der Waals surface area (Å²) in [5, 5.41) is 6.36. The van der Waals surface area contributed by atoms with Crippen molar-refractivity contribution < 1.29 is 0 Å². The van der Waals surface area contributed by atoms with E-state index in [1.807, 2.05) is 7.05 Å². The summed E-state index contributed by atoms with van der Waals surface area (Å²) >= 11 is 0. The Bertz CT molecular complexity index is 269. The zero-order chi connectivity index (χ0) is 9.68. The van der Waals surface area contributed by atoms with Gasteiger partial charge in [0, 0.05) is 13.2 Å². The molecule has 2 nitrogen and oxygen atoms in total. The quantitative estimate of drug-likeness (QED) is 0.540. The van der Waals surface area contributed by atoms with E-state index in [1.54, 1.807) is 0 Å². The molecule has 1 aromatic carbocycles. The van der Waals surface area contributed by atoms with Gasteiger partial charge in [-0.15, -0.1) is 0 Å². The fourth-order valence-electron chi connectivity index (χ4n) is 1.37. The van der Waals surface area contributed by atoms with Crippen molar-refractivity contribution in [1.82, 2.24) is 10.6 Å². The number of nitrogens with one attached hydrogen (secondary N) is 2. The molecule has 0 aromatic heterocycles. The Morgan fingerprint density at radius 3 is 2.62 bits per heavy atom. The zero-order valence-electron chi connectivity index (χ0n) is 8.65. The second kappa shape index (κ2) is 5.00. The Morgan fingerprint density at radius 1 is 1.23 bits per heavy atom. The molecule has 0 saturated heterocycles. The van der Waals surface area contributed by atoms with Gasteiger partial charge < -0.3 is 10.6 Å². The van der Waals surface area contributed by atoms with Crippen LogP contribution in [0.25, 0.3) is 0 Å². The zero-order valence-corrected chi connectivity index (χ0v) is 8.65. The van der Waals surface area contributed by atoms with Crippen molar-refractivity contribution in [2.75, 3.05) is 13.7 Å². The van der Waals surface area contributed by atoms with E-state index >= 15 is 0 Å². The summed E-state index contributed by atoms with van der Waals surface area (Å²) in [5.74, 6) is 0. The summed E-state index contributed by atoms with van der Waals surface area (Å²) in [5.41, 5.74) is 4.07. The summed E-state index contributed by atoms with van der Waals surface area (Å²) in [6.07, 6.45) is 0. The molecule has 0 aliphatic heterocycles. The van der Waals surface area contributed by atoms with Crippen LogP contribution in [-0.4, -0.2) is 13.7 Å². The molecule has 0 unspecified atom stereocenters. The van der Waals surface area contributed by atoms with E-state index < -0.39 is 0 Å². The van der Waals surface area contributed by atoms with Crippen LogP contribution in [-0.2, 0) is 6.54 Å². The SMILES string of the molecule is CNCNCc1ccc(C)cc1C. The normalized spacial score (nSPS) is 10.4. The van der Waals surface area contributed by atoms with Gasteiger partial charge in [0.15, 0.2) is 0 Å². The van der Waals surface area contributed by atoms with Gasteiger partial charge >= 0.3 is 0 Å². The molecule has 2 N–H and O–H groups in total. The smallest absolute Gasteiger partial charge is 0.0454 e. The largest absolute Gasteiger partial charge is 0.308 e. The van der Waals surface area contributed by atoms with Crippen molar-refractivity contribution in [2.45, 2.75) is 20.4 Å². The van der Waals surface area contributed by atoms with Crippen LogP contribution in [0.4, 0.5) is 0 Å². The van der Waals surface area contributed by atoms with Crippen molar-refractivity contribution in [3.8, 4) is 0 Å². The van der Waals surface area contributed by atoms with Gasteiger partial charge in [0.25, 0.3) is 0 Å². The molecule has 1 aromatic rings. The number of aryl methyl sites for hydroxylation is 2. The molecule has 0 aliphatic rings. The van der Waals surface area contributed by atoms with E-state index in [4.69, 9.17) is 0 Å². The Hall–Kier alpha value is -0.860. The monoisotopic (exact) mass is 178 g/mol. The summed E-state index contributed by atoms with van der Waals surface area (Å²) in [6.45, 7) is 6.07. The van der Waals surface area contributed by atoms with Crippen LogP contribution in [0.1, 0.15) is 16.7 Å². The van der Waals surface area contributed by atoms with E-state index in [2.05, 4.69) is 42.7 Å². The maximum atomic E-state index is 3.30. The summed E-state index contributed by atoms with van der Waals surface area (Å²) in [6, 6.07) is 6.56.